The first kappa shape index (κ1) is 19.9. The van der Waals surface area contributed by atoms with E-state index >= 15 is 0 Å². The van der Waals surface area contributed by atoms with Crippen molar-refractivity contribution >= 4 is 27.4 Å². The Hall–Kier alpha value is -3.04. The van der Waals surface area contributed by atoms with Gasteiger partial charge in [0.05, 0.1) is 11.3 Å². The van der Waals surface area contributed by atoms with Crippen LogP contribution < -0.4 is 9.64 Å². The zero-order chi connectivity index (χ0) is 21.0. The Morgan fingerprint density at radius 1 is 1.03 bits per heavy atom. The van der Waals surface area contributed by atoms with Crippen LogP contribution in [-0.4, -0.2) is 63.8 Å². The summed E-state index contributed by atoms with van der Waals surface area (Å²) in [5.74, 6) is 2.64. The molecule has 4 aromatic rings. The number of piperazine rings is 1. The van der Waals surface area contributed by atoms with E-state index in [9.17, 15) is 0 Å². The van der Waals surface area contributed by atoms with Crippen molar-refractivity contribution in [1.82, 2.24) is 24.5 Å². The number of benzene rings is 1. The Kier molecular flexibility index (Phi) is 5.77. The molecule has 0 bridgehead atoms. The zero-order valence-corrected chi connectivity index (χ0v) is 18.2. The van der Waals surface area contributed by atoms with Gasteiger partial charge >= 0.3 is 0 Å². The van der Waals surface area contributed by atoms with Crippen LogP contribution in [0.4, 0.5) is 5.82 Å². The molecule has 0 atom stereocenters. The molecule has 1 fully saturated rings. The van der Waals surface area contributed by atoms with E-state index in [-0.39, 0.29) is 0 Å². The molecule has 0 radical (unpaired) electrons. The third-order valence-electron chi connectivity index (χ3n) is 5.37. The van der Waals surface area contributed by atoms with Crippen molar-refractivity contribution in [3.8, 4) is 17.5 Å². The number of anilines is 1. The molecule has 9 heteroatoms. The highest BCUT2D eigenvalue weighted by Crippen LogP contribution is 2.29. The van der Waals surface area contributed by atoms with Gasteiger partial charge in [-0.05, 0) is 36.2 Å². The summed E-state index contributed by atoms with van der Waals surface area (Å²) in [5.41, 5.74) is 0.629. The fourth-order valence-electron chi connectivity index (χ4n) is 3.76. The molecule has 1 aliphatic heterocycles. The second kappa shape index (κ2) is 8.99. The van der Waals surface area contributed by atoms with Crippen LogP contribution >= 0.6 is 11.5 Å². The summed E-state index contributed by atoms with van der Waals surface area (Å²) >= 11 is 1.58. The standard InChI is InChI=1S/C22H24N6O2S/c1-16-24-25-22(30-16)18-7-4-9-20(23-18)29-15-5-10-27-11-13-28(14-12-27)21-17-6-2-3-8-19(17)31-26-21/h2-4,6-9H,5,10-15H2,1H3. The van der Waals surface area contributed by atoms with Crippen LogP contribution in [0.15, 0.2) is 46.9 Å². The molecule has 1 aliphatic rings. The van der Waals surface area contributed by atoms with Crippen LogP contribution in [0.1, 0.15) is 12.3 Å². The Balaban J connectivity index is 1.08. The predicted molar refractivity (Wildman–Crippen MR) is 121 cm³/mol. The van der Waals surface area contributed by atoms with Crippen molar-refractivity contribution in [2.24, 2.45) is 0 Å². The lowest BCUT2D eigenvalue weighted by Gasteiger charge is -2.35. The maximum atomic E-state index is 5.85. The predicted octanol–water partition coefficient (Wildman–Crippen LogP) is 3.64. The summed E-state index contributed by atoms with van der Waals surface area (Å²) in [6.45, 7) is 7.47. The largest absolute Gasteiger partial charge is 0.478 e. The van der Waals surface area contributed by atoms with E-state index in [1.807, 2.05) is 18.2 Å². The summed E-state index contributed by atoms with van der Waals surface area (Å²) in [5, 5.41) is 9.12. The van der Waals surface area contributed by atoms with Gasteiger partial charge in [0, 0.05) is 51.1 Å². The number of aromatic nitrogens is 4. The van der Waals surface area contributed by atoms with Crippen LogP contribution in [-0.2, 0) is 0 Å². The lowest BCUT2D eigenvalue weighted by atomic mass is 10.2. The van der Waals surface area contributed by atoms with Crippen LogP contribution in [0.5, 0.6) is 5.88 Å². The van der Waals surface area contributed by atoms with Crippen molar-refractivity contribution in [3.05, 3.63) is 48.4 Å². The maximum absolute atomic E-state index is 5.85. The van der Waals surface area contributed by atoms with Crippen molar-refractivity contribution < 1.29 is 9.15 Å². The average molecular weight is 437 g/mol. The van der Waals surface area contributed by atoms with Crippen molar-refractivity contribution in [3.63, 3.8) is 0 Å². The van der Waals surface area contributed by atoms with Gasteiger partial charge in [-0.25, -0.2) is 4.98 Å². The number of hydrogen-bond donors (Lipinski definition) is 0. The monoisotopic (exact) mass is 436 g/mol. The molecule has 0 aliphatic carbocycles. The minimum absolute atomic E-state index is 0.411. The number of rotatable bonds is 7. The Bertz CT molecular complexity index is 1150. The van der Waals surface area contributed by atoms with E-state index in [1.165, 1.54) is 10.1 Å². The topological polar surface area (TPSA) is 80.4 Å². The lowest BCUT2D eigenvalue weighted by Crippen LogP contribution is -2.47. The number of aryl methyl sites for hydroxylation is 1. The number of fused-ring (bicyclic) bond motifs is 1. The molecule has 3 aromatic heterocycles. The second-order valence-corrected chi connectivity index (χ2v) is 8.33. The van der Waals surface area contributed by atoms with E-state index in [0.29, 0.717) is 30.0 Å². The highest BCUT2D eigenvalue weighted by Gasteiger charge is 2.20. The highest BCUT2D eigenvalue weighted by atomic mass is 32.1. The van der Waals surface area contributed by atoms with E-state index in [1.54, 1.807) is 18.5 Å². The van der Waals surface area contributed by atoms with Gasteiger partial charge in [-0.1, -0.05) is 18.2 Å². The molecule has 0 N–H and O–H groups in total. The number of pyridine rings is 1. The molecule has 1 aromatic carbocycles. The van der Waals surface area contributed by atoms with Crippen molar-refractivity contribution in [2.45, 2.75) is 13.3 Å². The van der Waals surface area contributed by atoms with E-state index < -0.39 is 0 Å². The summed E-state index contributed by atoms with van der Waals surface area (Å²) in [7, 11) is 0. The van der Waals surface area contributed by atoms with Gasteiger partial charge in [0.15, 0.2) is 0 Å². The first-order valence-electron chi connectivity index (χ1n) is 10.5. The SMILES string of the molecule is Cc1nnc(-c2cccc(OCCCN3CCN(c4nsc5ccccc45)CC3)n2)o1. The molecule has 5 rings (SSSR count). The van der Waals surface area contributed by atoms with Crippen molar-refractivity contribution in [1.29, 1.82) is 0 Å². The highest BCUT2D eigenvalue weighted by molar-refractivity contribution is 7.13. The van der Waals surface area contributed by atoms with Crippen LogP contribution in [0.25, 0.3) is 21.7 Å². The first-order chi connectivity index (χ1) is 15.3. The molecule has 0 unspecified atom stereocenters. The summed E-state index contributed by atoms with van der Waals surface area (Å²) in [4.78, 5) is 9.35. The molecule has 1 saturated heterocycles. The molecular weight excluding hydrogens is 412 g/mol. The van der Waals surface area contributed by atoms with Gasteiger partial charge in [0.25, 0.3) is 5.89 Å². The van der Waals surface area contributed by atoms with E-state index in [4.69, 9.17) is 13.5 Å². The Morgan fingerprint density at radius 2 is 1.90 bits per heavy atom. The quantitative estimate of drug-likeness (QED) is 0.406. The maximum Gasteiger partial charge on any atom is 0.266 e. The minimum Gasteiger partial charge on any atom is -0.478 e. The average Bonchev–Trinajstić information content (AvgIpc) is 3.44. The summed E-state index contributed by atoms with van der Waals surface area (Å²) < 4.78 is 17.2. The van der Waals surface area contributed by atoms with Gasteiger partial charge in [-0.15, -0.1) is 10.2 Å². The van der Waals surface area contributed by atoms with Gasteiger partial charge in [-0.2, -0.15) is 4.37 Å². The molecule has 160 valence electrons. The molecule has 0 saturated carbocycles. The number of hydrogen-bond acceptors (Lipinski definition) is 9. The fraction of sp³-hybridized carbons (Fsp3) is 0.364. The summed E-state index contributed by atoms with van der Waals surface area (Å²) in [6, 6.07) is 14.0. The lowest BCUT2D eigenvalue weighted by molar-refractivity contribution is 0.222. The third kappa shape index (κ3) is 4.52. The van der Waals surface area contributed by atoms with Crippen LogP contribution in [0.2, 0.25) is 0 Å². The smallest absolute Gasteiger partial charge is 0.266 e. The molecule has 31 heavy (non-hydrogen) atoms. The molecule has 0 amide bonds. The van der Waals surface area contributed by atoms with Crippen LogP contribution in [0, 0.1) is 6.92 Å². The molecule has 8 nitrogen and oxygen atoms in total. The van der Waals surface area contributed by atoms with Crippen LogP contribution in [0.3, 0.4) is 0 Å². The van der Waals surface area contributed by atoms with Crippen molar-refractivity contribution in [2.75, 3.05) is 44.2 Å². The molecular formula is C22H24N6O2S. The summed E-state index contributed by atoms with van der Waals surface area (Å²) in [6.07, 6.45) is 0.950. The molecule has 4 heterocycles. The molecule has 0 spiro atoms. The first-order valence-corrected chi connectivity index (χ1v) is 11.3. The zero-order valence-electron chi connectivity index (χ0n) is 17.4. The van der Waals surface area contributed by atoms with Gasteiger partial charge in [-0.3, -0.25) is 4.90 Å². The van der Waals surface area contributed by atoms with E-state index in [2.05, 4.69) is 49.2 Å². The Labute approximate surface area is 184 Å². The second-order valence-electron chi connectivity index (χ2n) is 7.52. The van der Waals surface area contributed by atoms with Gasteiger partial charge in [0.1, 0.15) is 11.5 Å². The van der Waals surface area contributed by atoms with Gasteiger partial charge in [0.2, 0.25) is 11.8 Å². The third-order valence-corrected chi connectivity index (χ3v) is 6.18. The Morgan fingerprint density at radius 3 is 2.74 bits per heavy atom. The fourth-order valence-corrected chi connectivity index (χ4v) is 4.56. The van der Waals surface area contributed by atoms with E-state index in [0.717, 1.165) is 45.0 Å². The van der Waals surface area contributed by atoms with Gasteiger partial charge < -0.3 is 14.1 Å². The number of nitrogens with zero attached hydrogens (tertiary/aromatic N) is 6. The minimum atomic E-state index is 0.411. The normalized spacial score (nSPS) is 14.9. The number of ether oxygens (including phenoxy) is 1.